The Morgan fingerprint density at radius 2 is 2.06 bits per heavy atom. The molecule has 35 heavy (non-hydrogen) atoms. The number of hydrogen-bond donors (Lipinski definition) is 3. The minimum Gasteiger partial charge on any atom is -0.486 e. The van der Waals surface area contributed by atoms with Gasteiger partial charge in [-0.1, -0.05) is 12.1 Å². The molecule has 0 spiro atoms. The minimum absolute atomic E-state index is 0.0654. The molecule has 0 radical (unpaired) electrons. The van der Waals surface area contributed by atoms with Crippen molar-refractivity contribution in [2.45, 2.75) is 39.3 Å². The lowest BCUT2D eigenvalue weighted by Crippen LogP contribution is -2.21. The van der Waals surface area contributed by atoms with E-state index in [0.29, 0.717) is 22.9 Å². The lowest BCUT2D eigenvalue weighted by molar-refractivity contribution is 0.130. The molecule has 9 nitrogen and oxygen atoms in total. The van der Waals surface area contributed by atoms with Crippen molar-refractivity contribution in [3.8, 4) is 23.1 Å². The Morgan fingerprint density at radius 1 is 1.31 bits per heavy atom. The third-order valence-electron chi connectivity index (χ3n) is 5.65. The average Bonchev–Trinajstić information content (AvgIpc) is 3.59. The molecule has 3 aromatic rings. The molecule has 1 aliphatic rings. The van der Waals surface area contributed by atoms with Crippen LogP contribution in [-0.4, -0.2) is 35.5 Å². The van der Waals surface area contributed by atoms with Gasteiger partial charge >= 0.3 is 6.09 Å². The van der Waals surface area contributed by atoms with Crippen molar-refractivity contribution < 1.29 is 14.3 Å². The first-order chi connectivity index (χ1) is 16.9. The van der Waals surface area contributed by atoms with Crippen molar-refractivity contribution in [3.05, 3.63) is 48.0 Å². The Kier molecular flexibility index (Phi) is 7.01. The van der Waals surface area contributed by atoms with E-state index in [-0.39, 0.29) is 18.5 Å². The van der Waals surface area contributed by atoms with Gasteiger partial charge in [0.15, 0.2) is 0 Å². The maximum Gasteiger partial charge on any atom is 0.411 e. The molecule has 1 saturated carbocycles. The van der Waals surface area contributed by atoms with Crippen LogP contribution < -0.4 is 15.8 Å². The molecular formula is C26H28N6O3. The van der Waals surface area contributed by atoms with E-state index in [0.717, 1.165) is 47.9 Å². The highest BCUT2D eigenvalue weighted by atomic mass is 16.6. The second-order valence-electron chi connectivity index (χ2n) is 8.76. The molecular weight excluding hydrogens is 444 g/mol. The van der Waals surface area contributed by atoms with Crippen molar-refractivity contribution in [1.29, 1.82) is 10.7 Å². The van der Waals surface area contributed by atoms with Gasteiger partial charge in [-0.2, -0.15) is 5.26 Å². The van der Waals surface area contributed by atoms with Gasteiger partial charge in [0, 0.05) is 23.7 Å². The summed E-state index contributed by atoms with van der Waals surface area (Å²) in [5.74, 6) is 1.38. The Balaban J connectivity index is 1.71. The molecule has 4 N–H and O–H groups in total. The molecule has 1 amide bonds. The zero-order valence-electron chi connectivity index (χ0n) is 19.7. The third-order valence-corrected chi connectivity index (χ3v) is 5.65. The number of rotatable bonds is 9. The predicted molar refractivity (Wildman–Crippen MR) is 136 cm³/mol. The average molecular weight is 473 g/mol. The number of nitriles is 1. The van der Waals surface area contributed by atoms with Gasteiger partial charge in [0.05, 0.1) is 22.9 Å². The number of fused-ring (bicyclic) bond motifs is 1. The summed E-state index contributed by atoms with van der Waals surface area (Å²) in [6, 6.07) is 15.4. The molecule has 0 aliphatic heterocycles. The number of carbonyl (C=O) groups is 1. The number of aromatic nitrogens is 1. The fourth-order valence-corrected chi connectivity index (χ4v) is 3.93. The normalized spacial score (nSPS) is 13.5. The minimum atomic E-state index is -0.507. The summed E-state index contributed by atoms with van der Waals surface area (Å²) < 4.78 is 13.1. The highest BCUT2D eigenvalue weighted by Gasteiger charge is 2.26. The third kappa shape index (κ3) is 5.61. The van der Waals surface area contributed by atoms with Crippen LogP contribution in [0.3, 0.4) is 0 Å². The SMILES string of the molecule is CC(C)OC(=O)Nc1ccc(-c2c(C#N)c3ccc(OCC(N)=NC=N)cc3n2CC2CC2)cc1. The molecule has 9 heteroatoms. The zero-order chi connectivity index (χ0) is 24.9. The number of amides is 1. The number of carbonyl (C=O) groups excluding carboxylic acids is 1. The van der Waals surface area contributed by atoms with Gasteiger partial charge < -0.3 is 19.8 Å². The van der Waals surface area contributed by atoms with E-state index in [1.54, 1.807) is 32.0 Å². The summed E-state index contributed by atoms with van der Waals surface area (Å²) in [6.45, 7) is 4.45. The van der Waals surface area contributed by atoms with Crippen LogP contribution in [0.2, 0.25) is 0 Å². The second kappa shape index (κ2) is 10.3. The molecule has 0 saturated heterocycles. The highest BCUT2D eigenvalue weighted by Crippen LogP contribution is 2.39. The maximum absolute atomic E-state index is 11.9. The van der Waals surface area contributed by atoms with Crippen LogP contribution >= 0.6 is 0 Å². The first-order valence-corrected chi connectivity index (χ1v) is 11.5. The summed E-state index contributed by atoms with van der Waals surface area (Å²) in [4.78, 5) is 15.6. The van der Waals surface area contributed by atoms with Gasteiger partial charge in [0.1, 0.15) is 30.6 Å². The number of ether oxygens (including phenoxy) is 2. The largest absolute Gasteiger partial charge is 0.486 e. The summed E-state index contributed by atoms with van der Waals surface area (Å²) in [7, 11) is 0. The van der Waals surface area contributed by atoms with Crippen molar-refractivity contribution in [3.63, 3.8) is 0 Å². The number of benzene rings is 2. The highest BCUT2D eigenvalue weighted by molar-refractivity contribution is 5.96. The first kappa shape index (κ1) is 23.8. The van der Waals surface area contributed by atoms with Crippen molar-refractivity contribution in [2.24, 2.45) is 16.6 Å². The first-order valence-electron chi connectivity index (χ1n) is 11.5. The van der Waals surface area contributed by atoms with Gasteiger partial charge in [0.25, 0.3) is 0 Å². The number of amidine groups is 1. The molecule has 180 valence electrons. The van der Waals surface area contributed by atoms with Crippen LogP contribution in [-0.2, 0) is 11.3 Å². The topological polar surface area (TPSA) is 139 Å². The standard InChI is InChI=1S/C26H28N6O3/c1-16(2)35-26(33)31-19-7-5-18(6-8-19)25-22(12-27)21-10-9-20(34-14-24(29)30-15-28)11-23(21)32(25)13-17-3-4-17/h5-11,15-17H,3-4,13-14H2,1-2H3,(H,31,33)(H3,28,29,30). The molecule has 0 unspecified atom stereocenters. The van der Waals surface area contributed by atoms with E-state index in [2.05, 4.69) is 20.9 Å². The molecule has 0 atom stereocenters. The van der Waals surface area contributed by atoms with Crippen LogP contribution in [0.4, 0.5) is 10.5 Å². The molecule has 4 rings (SSSR count). The fraction of sp³-hybridized carbons (Fsp3) is 0.308. The van der Waals surface area contributed by atoms with E-state index < -0.39 is 6.09 Å². The number of nitrogens with one attached hydrogen (secondary N) is 2. The summed E-state index contributed by atoms with van der Waals surface area (Å²) >= 11 is 0. The van der Waals surface area contributed by atoms with Crippen molar-refractivity contribution in [2.75, 3.05) is 11.9 Å². The lowest BCUT2D eigenvalue weighted by atomic mass is 10.1. The van der Waals surface area contributed by atoms with Gasteiger partial charge in [0.2, 0.25) is 0 Å². The number of nitrogens with zero attached hydrogens (tertiary/aromatic N) is 3. The van der Waals surface area contributed by atoms with Gasteiger partial charge in [-0.15, -0.1) is 0 Å². The van der Waals surface area contributed by atoms with Crippen LogP contribution in [0.5, 0.6) is 5.75 Å². The van der Waals surface area contributed by atoms with Crippen LogP contribution in [0, 0.1) is 22.7 Å². The molecule has 1 aliphatic carbocycles. The Morgan fingerprint density at radius 3 is 2.69 bits per heavy atom. The van der Waals surface area contributed by atoms with E-state index in [1.165, 1.54) is 0 Å². The van der Waals surface area contributed by atoms with E-state index >= 15 is 0 Å². The van der Waals surface area contributed by atoms with E-state index in [9.17, 15) is 10.1 Å². The quantitative estimate of drug-likeness (QED) is 0.301. The monoisotopic (exact) mass is 472 g/mol. The lowest BCUT2D eigenvalue weighted by Gasteiger charge is -2.13. The molecule has 1 aromatic heterocycles. The number of aliphatic imine (C=N–C) groups is 1. The number of anilines is 1. The van der Waals surface area contributed by atoms with Crippen molar-refractivity contribution in [1.82, 2.24) is 4.57 Å². The Bertz CT molecular complexity index is 1310. The van der Waals surface area contributed by atoms with Crippen LogP contribution in [0.1, 0.15) is 32.3 Å². The Hall–Kier alpha value is -4.32. The molecule has 1 heterocycles. The van der Waals surface area contributed by atoms with E-state index in [1.807, 2.05) is 24.3 Å². The molecule has 1 fully saturated rings. The van der Waals surface area contributed by atoms with Crippen LogP contribution in [0.15, 0.2) is 47.5 Å². The van der Waals surface area contributed by atoms with Gasteiger partial charge in [-0.25, -0.2) is 9.79 Å². The smallest absolute Gasteiger partial charge is 0.411 e. The molecule has 2 aromatic carbocycles. The fourth-order valence-electron chi connectivity index (χ4n) is 3.93. The number of hydrogen-bond acceptors (Lipinski definition) is 5. The number of nitrogens with two attached hydrogens (primary N) is 1. The molecule has 0 bridgehead atoms. The summed E-state index contributed by atoms with van der Waals surface area (Å²) in [5, 5.41) is 20.7. The van der Waals surface area contributed by atoms with E-state index in [4.69, 9.17) is 20.6 Å². The zero-order valence-corrected chi connectivity index (χ0v) is 19.7. The van der Waals surface area contributed by atoms with Crippen LogP contribution in [0.25, 0.3) is 22.2 Å². The summed E-state index contributed by atoms with van der Waals surface area (Å²) in [6.07, 6.45) is 2.48. The maximum atomic E-state index is 11.9. The second-order valence-corrected chi connectivity index (χ2v) is 8.76. The van der Waals surface area contributed by atoms with Crippen molar-refractivity contribution >= 4 is 34.9 Å². The van der Waals surface area contributed by atoms with Gasteiger partial charge in [-0.05, 0) is 62.4 Å². The Labute approximate surface area is 203 Å². The van der Waals surface area contributed by atoms with Gasteiger partial charge in [-0.3, -0.25) is 10.7 Å². The predicted octanol–water partition coefficient (Wildman–Crippen LogP) is 4.89. The summed E-state index contributed by atoms with van der Waals surface area (Å²) in [5.41, 5.74) is 9.57.